The summed E-state index contributed by atoms with van der Waals surface area (Å²) in [6.45, 7) is 0. The fourth-order valence-electron chi connectivity index (χ4n) is 0.374. The monoisotopic (exact) mass is 122 g/mol. The highest BCUT2D eigenvalue weighted by molar-refractivity contribution is 8.00. The standard InChI is InChI=1S/C4H7ClS/c5-1-4-2-6-3-4/h4H,1-3H2. The van der Waals surface area contributed by atoms with Crippen LogP contribution in [-0.4, -0.2) is 17.4 Å². The first-order valence-electron chi connectivity index (χ1n) is 2.07. The Morgan fingerprint density at radius 1 is 1.67 bits per heavy atom. The summed E-state index contributed by atoms with van der Waals surface area (Å²) in [4.78, 5) is 0. The average Bonchev–Trinajstić information content (AvgIpc) is 1.31. The molecule has 1 saturated heterocycles. The van der Waals surface area contributed by atoms with E-state index in [1.165, 1.54) is 11.5 Å². The molecule has 0 bridgehead atoms. The van der Waals surface area contributed by atoms with Crippen molar-refractivity contribution in [2.45, 2.75) is 0 Å². The Hall–Kier alpha value is 0.640. The highest BCUT2D eigenvalue weighted by Crippen LogP contribution is 2.24. The Kier molecular flexibility index (Phi) is 1.66. The number of hydrogen-bond acceptors (Lipinski definition) is 1. The molecule has 1 heterocycles. The molecule has 6 heavy (non-hydrogen) atoms. The summed E-state index contributed by atoms with van der Waals surface area (Å²) in [5, 5.41) is 0. The van der Waals surface area contributed by atoms with E-state index >= 15 is 0 Å². The minimum absolute atomic E-state index is 0.844. The van der Waals surface area contributed by atoms with Crippen LogP contribution in [0.4, 0.5) is 0 Å². The van der Waals surface area contributed by atoms with Crippen molar-refractivity contribution in [1.29, 1.82) is 0 Å². The summed E-state index contributed by atoms with van der Waals surface area (Å²) >= 11 is 7.48. The van der Waals surface area contributed by atoms with Gasteiger partial charge in [0.1, 0.15) is 0 Å². The molecule has 0 atom stereocenters. The average molecular weight is 123 g/mol. The first kappa shape index (κ1) is 4.79. The first-order valence-corrected chi connectivity index (χ1v) is 3.76. The van der Waals surface area contributed by atoms with Gasteiger partial charge < -0.3 is 0 Å². The van der Waals surface area contributed by atoms with Crippen molar-refractivity contribution >= 4 is 23.4 Å². The van der Waals surface area contributed by atoms with Crippen molar-refractivity contribution in [2.24, 2.45) is 5.92 Å². The first-order chi connectivity index (χ1) is 2.93. The summed E-state index contributed by atoms with van der Waals surface area (Å²) in [5.74, 6) is 4.30. The Labute approximate surface area is 47.3 Å². The van der Waals surface area contributed by atoms with E-state index in [2.05, 4.69) is 0 Å². The van der Waals surface area contributed by atoms with E-state index in [1.54, 1.807) is 0 Å². The van der Waals surface area contributed by atoms with Crippen LogP contribution in [0.2, 0.25) is 0 Å². The van der Waals surface area contributed by atoms with Gasteiger partial charge in [0.15, 0.2) is 0 Å². The number of rotatable bonds is 1. The van der Waals surface area contributed by atoms with Crippen LogP contribution in [0, 0.1) is 5.92 Å². The topological polar surface area (TPSA) is 0 Å². The molecule has 0 aliphatic carbocycles. The van der Waals surface area contributed by atoms with Gasteiger partial charge in [0.2, 0.25) is 0 Å². The zero-order valence-electron chi connectivity index (χ0n) is 3.48. The smallest absolute Gasteiger partial charge is 0.0267 e. The summed E-state index contributed by atoms with van der Waals surface area (Å²) < 4.78 is 0. The second-order valence-electron chi connectivity index (χ2n) is 1.56. The Bertz CT molecular complexity index is 40.1. The zero-order valence-corrected chi connectivity index (χ0v) is 5.06. The van der Waals surface area contributed by atoms with Crippen molar-refractivity contribution in [2.75, 3.05) is 17.4 Å². The van der Waals surface area contributed by atoms with E-state index in [1.807, 2.05) is 11.8 Å². The van der Waals surface area contributed by atoms with Crippen LogP contribution in [0.25, 0.3) is 0 Å². The zero-order chi connectivity index (χ0) is 4.41. The molecular formula is C4H7ClS. The predicted molar refractivity (Wildman–Crippen MR) is 31.5 cm³/mol. The van der Waals surface area contributed by atoms with Crippen molar-refractivity contribution < 1.29 is 0 Å². The third-order valence-electron chi connectivity index (χ3n) is 0.925. The van der Waals surface area contributed by atoms with Gasteiger partial charge in [-0.05, 0) is 17.4 Å². The van der Waals surface area contributed by atoms with Crippen molar-refractivity contribution in [1.82, 2.24) is 0 Å². The molecular weight excluding hydrogens is 116 g/mol. The third-order valence-corrected chi connectivity index (χ3v) is 2.78. The van der Waals surface area contributed by atoms with Crippen LogP contribution in [0.5, 0.6) is 0 Å². The molecule has 0 nitrogen and oxygen atoms in total. The molecule has 0 amide bonds. The number of hydrogen-bond donors (Lipinski definition) is 0. The quantitative estimate of drug-likeness (QED) is 0.476. The van der Waals surface area contributed by atoms with Gasteiger partial charge in [-0.1, -0.05) is 0 Å². The summed E-state index contributed by atoms with van der Waals surface area (Å²) in [6.07, 6.45) is 0. The molecule has 36 valence electrons. The molecule has 1 fully saturated rings. The molecule has 2 heteroatoms. The van der Waals surface area contributed by atoms with E-state index in [9.17, 15) is 0 Å². The Morgan fingerprint density at radius 2 is 2.33 bits per heavy atom. The number of thioether (sulfide) groups is 1. The lowest BCUT2D eigenvalue weighted by Crippen LogP contribution is -2.18. The normalized spacial score (nSPS) is 23.5. The van der Waals surface area contributed by atoms with Gasteiger partial charge in [-0.2, -0.15) is 11.8 Å². The van der Waals surface area contributed by atoms with Gasteiger partial charge in [0.05, 0.1) is 0 Å². The molecule has 0 aromatic rings. The minimum Gasteiger partial charge on any atom is -0.161 e. The second-order valence-corrected chi connectivity index (χ2v) is 2.94. The fourth-order valence-corrected chi connectivity index (χ4v) is 1.66. The lowest BCUT2D eigenvalue weighted by atomic mass is 10.2. The minimum atomic E-state index is 0.844. The van der Waals surface area contributed by atoms with Crippen molar-refractivity contribution in [3.63, 3.8) is 0 Å². The largest absolute Gasteiger partial charge is 0.161 e. The molecule has 0 saturated carbocycles. The third kappa shape index (κ3) is 0.824. The van der Waals surface area contributed by atoms with Crippen LogP contribution in [0.15, 0.2) is 0 Å². The van der Waals surface area contributed by atoms with Gasteiger partial charge in [0, 0.05) is 5.88 Å². The molecule has 0 unspecified atom stereocenters. The van der Waals surface area contributed by atoms with Crippen molar-refractivity contribution in [3.05, 3.63) is 0 Å². The van der Waals surface area contributed by atoms with Gasteiger partial charge in [-0.25, -0.2) is 0 Å². The summed E-state index contributed by atoms with van der Waals surface area (Å²) in [7, 11) is 0. The lowest BCUT2D eigenvalue weighted by molar-refractivity contribution is 0.731. The van der Waals surface area contributed by atoms with Crippen LogP contribution in [-0.2, 0) is 0 Å². The second kappa shape index (κ2) is 2.08. The van der Waals surface area contributed by atoms with Gasteiger partial charge in [-0.15, -0.1) is 11.6 Å². The highest BCUT2D eigenvalue weighted by atomic mass is 35.5. The van der Waals surface area contributed by atoms with E-state index in [0.717, 1.165) is 11.8 Å². The van der Waals surface area contributed by atoms with E-state index in [0.29, 0.717) is 0 Å². The maximum atomic E-state index is 5.49. The molecule has 0 spiro atoms. The number of alkyl halides is 1. The molecule has 0 radical (unpaired) electrons. The predicted octanol–water partition coefficient (Wildman–Crippen LogP) is 1.59. The SMILES string of the molecule is ClCC1CSC1. The van der Waals surface area contributed by atoms with E-state index in [-0.39, 0.29) is 0 Å². The lowest BCUT2D eigenvalue weighted by Gasteiger charge is -2.21. The van der Waals surface area contributed by atoms with Crippen LogP contribution >= 0.6 is 23.4 Å². The molecule has 1 aliphatic heterocycles. The molecule has 1 rings (SSSR count). The maximum absolute atomic E-state index is 5.49. The highest BCUT2D eigenvalue weighted by Gasteiger charge is 2.15. The van der Waals surface area contributed by atoms with E-state index < -0.39 is 0 Å². The number of halogens is 1. The molecule has 0 aromatic heterocycles. The fraction of sp³-hybridized carbons (Fsp3) is 1.00. The molecule has 0 aromatic carbocycles. The van der Waals surface area contributed by atoms with Gasteiger partial charge in [-0.3, -0.25) is 0 Å². The summed E-state index contributed by atoms with van der Waals surface area (Å²) in [6, 6.07) is 0. The van der Waals surface area contributed by atoms with Crippen LogP contribution in [0.3, 0.4) is 0 Å². The van der Waals surface area contributed by atoms with Crippen LogP contribution in [0.1, 0.15) is 0 Å². The Morgan fingerprint density at radius 3 is 2.33 bits per heavy atom. The van der Waals surface area contributed by atoms with Crippen molar-refractivity contribution in [3.8, 4) is 0 Å². The van der Waals surface area contributed by atoms with Gasteiger partial charge >= 0.3 is 0 Å². The van der Waals surface area contributed by atoms with E-state index in [4.69, 9.17) is 11.6 Å². The molecule has 0 N–H and O–H groups in total. The van der Waals surface area contributed by atoms with Crippen LogP contribution < -0.4 is 0 Å². The maximum Gasteiger partial charge on any atom is 0.0267 e. The van der Waals surface area contributed by atoms with Gasteiger partial charge in [0.25, 0.3) is 0 Å². The molecule has 1 aliphatic rings. The summed E-state index contributed by atoms with van der Waals surface area (Å²) in [5.41, 5.74) is 0. The Balaban J connectivity index is 2.01.